The standard InChI is InChI=1S/C32H34N4O7.C27H42N6O5/c37-28-26(27(34-28)29(38)41-20-18-23-11-4-1-5-12-23)17-10-19-33-30(35-31(39)42-21-24-13-6-2-7-14-24)36-32(40)43-22-25-15-8-3-9-16-25;1-19(28)29-14-8-11-21-23(22(38-37)13-12-20-9-6-5-7-10-20)33(24(21)34)26(36)32-17-15-31(16-18-32)25(35)30-27(2,3)4/h1-9,11-16,26-27H,10,17-22H2,(H,34,37)(H2,33,35,36,39,40);5-7,9-10,21-23,29,37H,1,8,11-18,28H2,2-4H3,(H,30,35)/t26-,27?;21-,22+,23?/m11/s1. The van der Waals surface area contributed by atoms with Gasteiger partial charge in [-0.05, 0) is 81.5 Å². The number of hydrogen-bond acceptors (Lipinski definition) is 15. The highest BCUT2D eigenvalue weighted by Crippen LogP contribution is 2.36. The van der Waals surface area contributed by atoms with Gasteiger partial charge in [0.15, 0.2) is 0 Å². The predicted molar refractivity (Wildman–Crippen MR) is 301 cm³/mol. The van der Waals surface area contributed by atoms with Gasteiger partial charge in [-0.1, -0.05) is 128 Å². The third kappa shape index (κ3) is 20.0. The van der Waals surface area contributed by atoms with Gasteiger partial charge in [0.2, 0.25) is 17.8 Å². The van der Waals surface area contributed by atoms with Crippen molar-refractivity contribution < 1.29 is 57.9 Å². The minimum atomic E-state index is -0.817. The molecule has 0 bridgehead atoms. The number of β-lactam (4-membered cyclic amide) rings is 2. The molecule has 0 radical (unpaired) electrons. The summed E-state index contributed by atoms with van der Waals surface area (Å²) in [7, 11) is 0. The van der Waals surface area contributed by atoms with E-state index in [0.717, 1.165) is 22.3 Å². The number of rotatable bonds is 22. The van der Waals surface area contributed by atoms with Gasteiger partial charge < -0.3 is 45.7 Å². The van der Waals surface area contributed by atoms with Gasteiger partial charge in [0.05, 0.1) is 30.3 Å². The summed E-state index contributed by atoms with van der Waals surface area (Å²) in [5.41, 5.74) is 8.91. The fourth-order valence-electron chi connectivity index (χ4n) is 9.24. The Morgan fingerprint density at radius 3 is 1.73 bits per heavy atom. The number of aliphatic imine (C=N–C) groups is 1. The molecule has 4 aromatic carbocycles. The van der Waals surface area contributed by atoms with Crippen molar-refractivity contribution in [3.63, 3.8) is 0 Å². The number of amides is 8. The van der Waals surface area contributed by atoms with Gasteiger partial charge in [0.1, 0.15) is 25.4 Å². The van der Waals surface area contributed by atoms with Gasteiger partial charge in [0, 0.05) is 51.2 Å². The second-order valence-electron chi connectivity index (χ2n) is 20.7. The summed E-state index contributed by atoms with van der Waals surface area (Å²) < 4.78 is 15.8. The lowest BCUT2D eigenvalue weighted by molar-refractivity contribution is -0.298. The molecule has 3 saturated heterocycles. The second-order valence-corrected chi connectivity index (χ2v) is 20.7. The SMILES string of the molecule is C=C(N)NCCC[C@H]1C(=O)N(C(=O)N2CCN(C(=O)NC(C)(C)C)CC2)C1[C@H](CCc1ccccc1)OO.O=C(NC(=NCCC[C@H]1C(=O)NC1C(=O)OCCc1ccccc1)NC(=O)OCc1ccccc1)OCc1ccccc1. The Labute approximate surface area is 472 Å². The van der Waals surface area contributed by atoms with Gasteiger partial charge in [-0.3, -0.25) is 35.4 Å². The minimum Gasteiger partial charge on any atom is -0.464 e. The van der Waals surface area contributed by atoms with Crippen molar-refractivity contribution in [2.45, 2.75) is 103 Å². The van der Waals surface area contributed by atoms with E-state index in [1.807, 2.05) is 142 Å². The summed E-state index contributed by atoms with van der Waals surface area (Å²) in [6, 6.07) is 35.8. The molecular weight excluding hydrogens is 1040 g/mol. The number of nitrogens with one attached hydrogen (secondary N) is 5. The first-order valence-electron chi connectivity index (χ1n) is 27.2. The first-order valence-corrected chi connectivity index (χ1v) is 27.2. The van der Waals surface area contributed by atoms with Crippen LogP contribution in [0.3, 0.4) is 0 Å². The monoisotopic (exact) mass is 1120 g/mol. The number of nitrogens with two attached hydrogens (primary N) is 1. The number of ether oxygens (including phenoxy) is 3. The number of carbonyl (C=O) groups is 7. The number of guanidine groups is 1. The number of imide groups is 1. The zero-order chi connectivity index (χ0) is 58.2. The van der Waals surface area contributed by atoms with Gasteiger partial charge >= 0.3 is 30.2 Å². The Morgan fingerprint density at radius 2 is 1.22 bits per heavy atom. The molecular formula is C59H76N10O12. The number of likely N-dealkylation sites (tertiary alicyclic amines) is 1. The first kappa shape index (κ1) is 61.7. The molecule has 22 nitrogen and oxygen atoms in total. The van der Waals surface area contributed by atoms with E-state index >= 15 is 0 Å². The average Bonchev–Trinajstić information content (AvgIpc) is 3.63. The molecule has 0 saturated carbocycles. The number of esters is 1. The van der Waals surface area contributed by atoms with Crippen molar-refractivity contribution in [1.29, 1.82) is 0 Å². The Hall–Kier alpha value is -8.50. The summed E-state index contributed by atoms with van der Waals surface area (Å²) in [5.74, 6) is -1.80. The van der Waals surface area contributed by atoms with Crippen LogP contribution in [0.1, 0.15) is 75.1 Å². The average molecular weight is 1120 g/mol. The van der Waals surface area contributed by atoms with Crippen molar-refractivity contribution in [3.05, 3.63) is 156 Å². The summed E-state index contributed by atoms with van der Waals surface area (Å²) in [6.45, 7) is 11.7. The van der Waals surface area contributed by atoms with Crippen molar-refractivity contribution in [2.75, 3.05) is 45.9 Å². The number of aryl methyl sites for hydroxylation is 1. The Bertz CT molecular complexity index is 2670. The van der Waals surface area contributed by atoms with Crippen LogP contribution in [0.15, 0.2) is 139 Å². The van der Waals surface area contributed by atoms with E-state index in [4.69, 9.17) is 24.8 Å². The number of hydrogen-bond donors (Lipinski definition) is 7. The molecule has 0 aliphatic carbocycles. The van der Waals surface area contributed by atoms with Crippen LogP contribution in [0.4, 0.5) is 19.2 Å². The van der Waals surface area contributed by atoms with Crippen molar-refractivity contribution in [2.24, 2.45) is 22.6 Å². The van der Waals surface area contributed by atoms with Gasteiger partial charge in [-0.25, -0.2) is 28.9 Å². The summed E-state index contributed by atoms with van der Waals surface area (Å²) in [4.78, 5) is 102. The lowest BCUT2D eigenvalue weighted by atomic mass is 9.79. The van der Waals surface area contributed by atoms with Crippen LogP contribution >= 0.6 is 0 Å². The molecule has 0 aromatic heterocycles. The van der Waals surface area contributed by atoms with E-state index in [1.54, 1.807) is 9.80 Å². The maximum Gasteiger partial charge on any atom is 0.414 e. The van der Waals surface area contributed by atoms with Crippen molar-refractivity contribution >= 4 is 48.0 Å². The van der Waals surface area contributed by atoms with E-state index in [2.05, 4.69) is 38.2 Å². The fourth-order valence-corrected chi connectivity index (χ4v) is 9.24. The molecule has 22 heteroatoms. The highest BCUT2D eigenvalue weighted by atomic mass is 17.1. The molecule has 8 amide bonds. The van der Waals surface area contributed by atoms with E-state index < -0.39 is 54.2 Å². The molecule has 3 heterocycles. The minimum absolute atomic E-state index is 0.0258. The molecule has 3 aliphatic rings. The molecule has 7 rings (SSSR count). The molecule has 5 atom stereocenters. The molecule has 8 N–H and O–H groups in total. The fraction of sp³-hybridized carbons (Fsp3) is 0.424. The number of benzene rings is 4. The molecule has 434 valence electrons. The quantitative estimate of drug-likeness (QED) is 0.00672. The topological polar surface area (TPSA) is 285 Å². The van der Waals surface area contributed by atoms with Crippen LogP contribution < -0.4 is 32.3 Å². The van der Waals surface area contributed by atoms with Crippen LogP contribution in [-0.2, 0) is 59.5 Å². The van der Waals surface area contributed by atoms with Crippen LogP contribution in [-0.4, -0.2) is 138 Å². The molecule has 0 spiro atoms. The first-order chi connectivity index (χ1) is 39.0. The number of nitrogens with zero attached hydrogens (tertiary/aromatic N) is 4. The predicted octanol–water partition coefficient (Wildman–Crippen LogP) is 6.23. The lowest BCUT2D eigenvalue weighted by Gasteiger charge is -2.50. The van der Waals surface area contributed by atoms with Crippen molar-refractivity contribution in [3.8, 4) is 0 Å². The third-order valence-electron chi connectivity index (χ3n) is 13.5. The summed E-state index contributed by atoms with van der Waals surface area (Å²) >= 11 is 0. The smallest absolute Gasteiger partial charge is 0.414 e. The maximum absolute atomic E-state index is 13.5. The maximum atomic E-state index is 13.5. The summed E-state index contributed by atoms with van der Waals surface area (Å²) in [6.07, 6.45) is 1.21. The van der Waals surface area contributed by atoms with Crippen molar-refractivity contribution in [1.82, 2.24) is 41.3 Å². The van der Waals surface area contributed by atoms with Gasteiger partial charge in [0.25, 0.3) is 0 Å². The molecule has 4 aromatic rings. The number of carbonyl (C=O) groups excluding carboxylic acids is 7. The number of alkyl carbamates (subject to hydrolysis) is 2. The van der Waals surface area contributed by atoms with E-state index in [1.165, 1.54) is 4.90 Å². The van der Waals surface area contributed by atoms with E-state index in [0.29, 0.717) is 83.5 Å². The largest absolute Gasteiger partial charge is 0.464 e. The van der Waals surface area contributed by atoms with Crippen LogP contribution in [0.2, 0.25) is 0 Å². The summed E-state index contributed by atoms with van der Waals surface area (Å²) in [5, 5.41) is 23.2. The second kappa shape index (κ2) is 31.3. The lowest BCUT2D eigenvalue weighted by Crippen LogP contribution is -2.70. The van der Waals surface area contributed by atoms with E-state index in [9.17, 15) is 38.8 Å². The van der Waals surface area contributed by atoms with Gasteiger partial charge in [-0.15, -0.1) is 0 Å². The number of piperazine rings is 1. The Balaban J connectivity index is 0.000000263. The van der Waals surface area contributed by atoms with Crippen LogP contribution in [0.5, 0.6) is 0 Å². The molecule has 3 fully saturated rings. The Kier molecular flexibility index (Phi) is 23.9. The van der Waals surface area contributed by atoms with Crippen LogP contribution in [0, 0.1) is 11.8 Å². The van der Waals surface area contributed by atoms with Gasteiger partial charge in [-0.2, -0.15) is 0 Å². The zero-order valence-corrected chi connectivity index (χ0v) is 46.3. The number of urea groups is 2. The highest BCUT2D eigenvalue weighted by Gasteiger charge is 2.55. The molecule has 3 aliphatic heterocycles. The highest BCUT2D eigenvalue weighted by molar-refractivity contribution is 6.02. The molecule has 81 heavy (non-hydrogen) atoms. The van der Waals surface area contributed by atoms with Crippen LogP contribution in [0.25, 0.3) is 0 Å². The Morgan fingerprint density at radius 1 is 0.716 bits per heavy atom. The normalized spacial score (nSPS) is 17.7. The van der Waals surface area contributed by atoms with E-state index in [-0.39, 0.29) is 55.7 Å². The zero-order valence-electron chi connectivity index (χ0n) is 46.3. The third-order valence-corrected chi connectivity index (χ3v) is 13.5. The molecule has 2 unspecified atom stereocenters.